The molecule has 0 aliphatic carbocycles. The highest BCUT2D eigenvalue weighted by molar-refractivity contribution is 5.85. The third kappa shape index (κ3) is 3.83. The molecule has 76 valence electrons. The van der Waals surface area contributed by atoms with Gasteiger partial charge in [0.2, 0.25) is 0 Å². The molecule has 13 heavy (non-hydrogen) atoms. The van der Waals surface area contributed by atoms with Crippen LogP contribution in [0.4, 0.5) is 0 Å². The average molecular weight is 204 g/mol. The van der Waals surface area contributed by atoms with Crippen molar-refractivity contribution in [3.05, 3.63) is 23.7 Å². The van der Waals surface area contributed by atoms with Crippen LogP contribution < -0.4 is 5.73 Å². The molecule has 0 saturated carbocycles. The molecule has 0 aromatic carbocycles. The van der Waals surface area contributed by atoms with Gasteiger partial charge in [0.1, 0.15) is 11.5 Å². The minimum Gasteiger partial charge on any atom is -0.465 e. The van der Waals surface area contributed by atoms with Gasteiger partial charge in [0.25, 0.3) is 0 Å². The summed E-state index contributed by atoms with van der Waals surface area (Å²) in [4.78, 5) is 0. The fraction of sp³-hybridized carbons (Fsp3) is 0.600. The zero-order chi connectivity index (χ0) is 8.97. The molecule has 1 atom stereocenters. The Morgan fingerprint density at radius 2 is 2.15 bits per heavy atom. The molecule has 0 radical (unpaired) electrons. The Hall–Kier alpha value is -0.470. The minimum absolute atomic E-state index is 0. The summed E-state index contributed by atoms with van der Waals surface area (Å²) in [6, 6.07) is 4.01. The number of hydrogen-bond acceptors (Lipinski definition) is 2. The number of nitrogens with two attached hydrogens (primary N) is 1. The molecule has 1 aromatic rings. The van der Waals surface area contributed by atoms with Crippen LogP contribution in [0.2, 0.25) is 0 Å². The topological polar surface area (TPSA) is 39.2 Å². The van der Waals surface area contributed by atoms with Crippen molar-refractivity contribution in [2.75, 3.05) is 0 Å². The standard InChI is InChI=1S/C10H17NO.ClH/c1-3-4-5-9(11)10-7-6-8(2)12-10;/h6-7,9H,3-5,11H2,1-2H3;1H/t9-;/m0./s1. The van der Waals surface area contributed by atoms with E-state index in [1.54, 1.807) is 0 Å². The van der Waals surface area contributed by atoms with E-state index < -0.39 is 0 Å². The number of rotatable bonds is 4. The van der Waals surface area contributed by atoms with Gasteiger partial charge >= 0.3 is 0 Å². The Bertz CT molecular complexity index is 235. The minimum atomic E-state index is 0. The molecular formula is C10H18ClNO. The van der Waals surface area contributed by atoms with Gasteiger partial charge in [-0.2, -0.15) is 0 Å². The molecule has 1 heterocycles. The molecule has 3 heteroatoms. The second-order valence-corrected chi connectivity index (χ2v) is 3.20. The van der Waals surface area contributed by atoms with E-state index in [2.05, 4.69) is 6.92 Å². The molecular weight excluding hydrogens is 186 g/mol. The lowest BCUT2D eigenvalue weighted by molar-refractivity contribution is 0.428. The molecule has 1 rings (SSSR count). The zero-order valence-corrected chi connectivity index (χ0v) is 9.06. The summed E-state index contributed by atoms with van der Waals surface area (Å²) in [5, 5.41) is 0. The van der Waals surface area contributed by atoms with Gasteiger partial charge in [0.15, 0.2) is 0 Å². The van der Waals surface area contributed by atoms with E-state index in [0.29, 0.717) is 0 Å². The van der Waals surface area contributed by atoms with Gasteiger partial charge in [0.05, 0.1) is 6.04 Å². The van der Waals surface area contributed by atoms with Crippen molar-refractivity contribution in [1.29, 1.82) is 0 Å². The second-order valence-electron chi connectivity index (χ2n) is 3.20. The Morgan fingerprint density at radius 1 is 1.46 bits per heavy atom. The van der Waals surface area contributed by atoms with Crippen molar-refractivity contribution >= 4 is 12.4 Å². The molecule has 0 aliphatic rings. The van der Waals surface area contributed by atoms with E-state index in [4.69, 9.17) is 10.2 Å². The third-order valence-corrected chi connectivity index (χ3v) is 2.00. The smallest absolute Gasteiger partial charge is 0.120 e. The zero-order valence-electron chi connectivity index (χ0n) is 8.25. The lowest BCUT2D eigenvalue weighted by Gasteiger charge is -2.06. The van der Waals surface area contributed by atoms with Gasteiger partial charge in [0, 0.05) is 0 Å². The monoisotopic (exact) mass is 203 g/mol. The average Bonchev–Trinajstić information content (AvgIpc) is 2.47. The van der Waals surface area contributed by atoms with Crippen molar-refractivity contribution in [2.45, 2.75) is 39.2 Å². The lowest BCUT2D eigenvalue weighted by atomic mass is 10.1. The summed E-state index contributed by atoms with van der Waals surface area (Å²) >= 11 is 0. The summed E-state index contributed by atoms with van der Waals surface area (Å²) in [6.07, 6.45) is 3.37. The van der Waals surface area contributed by atoms with Crippen LogP contribution in [0.3, 0.4) is 0 Å². The number of unbranched alkanes of at least 4 members (excludes halogenated alkanes) is 1. The molecule has 0 bridgehead atoms. The highest BCUT2D eigenvalue weighted by atomic mass is 35.5. The van der Waals surface area contributed by atoms with E-state index in [1.807, 2.05) is 19.1 Å². The van der Waals surface area contributed by atoms with Crippen molar-refractivity contribution in [3.63, 3.8) is 0 Å². The van der Waals surface area contributed by atoms with E-state index in [1.165, 1.54) is 12.8 Å². The predicted octanol–water partition coefficient (Wildman–Crippen LogP) is 3.20. The van der Waals surface area contributed by atoms with E-state index in [0.717, 1.165) is 17.9 Å². The number of halogens is 1. The van der Waals surface area contributed by atoms with Crippen LogP contribution in [-0.2, 0) is 0 Å². The van der Waals surface area contributed by atoms with Gasteiger partial charge in [-0.25, -0.2) is 0 Å². The third-order valence-electron chi connectivity index (χ3n) is 2.00. The highest BCUT2D eigenvalue weighted by Gasteiger charge is 2.08. The van der Waals surface area contributed by atoms with Crippen LogP contribution in [0.15, 0.2) is 16.5 Å². The van der Waals surface area contributed by atoms with Crippen LogP contribution in [0.1, 0.15) is 43.7 Å². The summed E-state index contributed by atoms with van der Waals surface area (Å²) in [7, 11) is 0. The quantitative estimate of drug-likeness (QED) is 0.817. The normalized spacial score (nSPS) is 12.2. The lowest BCUT2D eigenvalue weighted by Crippen LogP contribution is -2.08. The summed E-state index contributed by atoms with van der Waals surface area (Å²) in [5.41, 5.74) is 5.90. The van der Waals surface area contributed by atoms with Gasteiger partial charge < -0.3 is 10.2 Å². The van der Waals surface area contributed by atoms with Crippen LogP contribution in [0, 0.1) is 6.92 Å². The SMILES string of the molecule is CCCC[C@H](N)c1ccc(C)o1.Cl. The number of hydrogen-bond donors (Lipinski definition) is 1. The van der Waals surface area contributed by atoms with Crippen molar-refractivity contribution < 1.29 is 4.42 Å². The van der Waals surface area contributed by atoms with Crippen molar-refractivity contribution in [1.82, 2.24) is 0 Å². The molecule has 0 amide bonds. The Labute approximate surface area is 85.9 Å². The highest BCUT2D eigenvalue weighted by Crippen LogP contribution is 2.18. The van der Waals surface area contributed by atoms with Crippen LogP contribution in [0.5, 0.6) is 0 Å². The van der Waals surface area contributed by atoms with E-state index >= 15 is 0 Å². The molecule has 0 aliphatic heterocycles. The first kappa shape index (κ1) is 12.5. The number of furan rings is 1. The molecule has 0 saturated heterocycles. The maximum atomic E-state index is 5.90. The Morgan fingerprint density at radius 3 is 2.62 bits per heavy atom. The van der Waals surface area contributed by atoms with Crippen LogP contribution >= 0.6 is 12.4 Å². The summed E-state index contributed by atoms with van der Waals surface area (Å²) in [6.45, 7) is 4.11. The Kier molecular flexibility index (Phi) is 5.84. The Balaban J connectivity index is 0.00000144. The first-order valence-corrected chi connectivity index (χ1v) is 4.56. The van der Waals surface area contributed by atoms with E-state index in [9.17, 15) is 0 Å². The van der Waals surface area contributed by atoms with Crippen molar-refractivity contribution in [3.8, 4) is 0 Å². The number of aryl methyl sites for hydroxylation is 1. The maximum Gasteiger partial charge on any atom is 0.120 e. The summed E-state index contributed by atoms with van der Waals surface area (Å²) < 4.78 is 5.42. The van der Waals surface area contributed by atoms with Crippen LogP contribution in [-0.4, -0.2) is 0 Å². The largest absolute Gasteiger partial charge is 0.465 e. The second kappa shape index (κ2) is 6.06. The van der Waals surface area contributed by atoms with Gasteiger partial charge in [-0.15, -0.1) is 12.4 Å². The molecule has 0 unspecified atom stereocenters. The van der Waals surface area contributed by atoms with Gasteiger partial charge in [-0.3, -0.25) is 0 Å². The predicted molar refractivity (Wildman–Crippen MR) is 57.1 cm³/mol. The molecule has 1 aromatic heterocycles. The maximum absolute atomic E-state index is 5.90. The summed E-state index contributed by atoms with van der Waals surface area (Å²) in [5.74, 6) is 1.86. The molecule has 0 fully saturated rings. The first-order chi connectivity index (χ1) is 5.74. The van der Waals surface area contributed by atoms with Crippen LogP contribution in [0.25, 0.3) is 0 Å². The van der Waals surface area contributed by atoms with E-state index in [-0.39, 0.29) is 18.4 Å². The fourth-order valence-electron chi connectivity index (χ4n) is 1.22. The van der Waals surface area contributed by atoms with Gasteiger partial charge in [-0.05, 0) is 25.5 Å². The van der Waals surface area contributed by atoms with Gasteiger partial charge in [-0.1, -0.05) is 19.8 Å². The molecule has 0 spiro atoms. The first-order valence-electron chi connectivity index (χ1n) is 4.56. The molecule has 2 N–H and O–H groups in total. The van der Waals surface area contributed by atoms with Crippen molar-refractivity contribution in [2.24, 2.45) is 5.73 Å². The fourth-order valence-corrected chi connectivity index (χ4v) is 1.22. The molecule has 2 nitrogen and oxygen atoms in total.